The fourth-order valence-corrected chi connectivity index (χ4v) is 2.64. The van der Waals surface area contributed by atoms with Crippen LogP contribution >= 0.6 is 0 Å². The van der Waals surface area contributed by atoms with Gasteiger partial charge in [0, 0.05) is 17.3 Å². The SMILES string of the molecule is O=C(/C=C(/Nc1ccccc1)C(F)(F)F)c1ccccc1-c1ccccc1. The van der Waals surface area contributed by atoms with Gasteiger partial charge in [0.25, 0.3) is 0 Å². The Hall–Kier alpha value is -3.34. The summed E-state index contributed by atoms with van der Waals surface area (Å²) in [5.74, 6) is -0.717. The number of hydrogen-bond donors (Lipinski definition) is 1. The molecule has 0 spiro atoms. The second-order valence-electron chi connectivity index (χ2n) is 5.82. The molecule has 27 heavy (non-hydrogen) atoms. The summed E-state index contributed by atoms with van der Waals surface area (Å²) in [6, 6.07) is 23.6. The number of carbonyl (C=O) groups excluding carboxylic acids is 1. The summed E-state index contributed by atoms with van der Waals surface area (Å²) in [5.41, 5.74) is 0.701. The number of carbonyl (C=O) groups is 1. The smallest absolute Gasteiger partial charge is 0.351 e. The average Bonchev–Trinajstić information content (AvgIpc) is 2.68. The first kappa shape index (κ1) is 18.5. The number of hydrogen-bond acceptors (Lipinski definition) is 2. The summed E-state index contributed by atoms with van der Waals surface area (Å²) in [6.45, 7) is 0. The third kappa shape index (κ3) is 4.64. The zero-order valence-corrected chi connectivity index (χ0v) is 14.2. The number of rotatable bonds is 5. The van der Waals surface area contributed by atoms with Crippen LogP contribution in [-0.2, 0) is 0 Å². The maximum Gasteiger partial charge on any atom is 0.431 e. The van der Waals surface area contributed by atoms with Gasteiger partial charge in [-0.3, -0.25) is 4.79 Å². The molecule has 0 amide bonds. The van der Waals surface area contributed by atoms with Crippen LogP contribution in [-0.4, -0.2) is 12.0 Å². The molecule has 5 heteroatoms. The van der Waals surface area contributed by atoms with E-state index in [2.05, 4.69) is 5.32 Å². The van der Waals surface area contributed by atoms with Gasteiger partial charge in [-0.25, -0.2) is 0 Å². The molecule has 0 aliphatic carbocycles. The normalized spacial score (nSPS) is 11.9. The summed E-state index contributed by atoms with van der Waals surface area (Å²) in [4.78, 5) is 12.7. The van der Waals surface area contributed by atoms with E-state index in [0.717, 1.165) is 5.56 Å². The van der Waals surface area contributed by atoms with Gasteiger partial charge in [0.05, 0.1) is 0 Å². The lowest BCUT2D eigenvalue weighted by Crippen LogP contribution is -2.20. The number of para-hydroxylation sites is 1. The van der Waals surface area contributed by atoms with Gasteiger partial charge >= 0.3 is 6.18 Å². The minimum Gasteiger partial charge on any atom is -0.351 e. The predicted molar refractivity (Wildman–Crippen MR) is 100 cm³/mol. The summed E-state index contributed by atoms with van der Waals surface area (Å²) >= 11 is 0. The van der Waals surface area contributed by atoms with Crippen molar-refractivity contribution in [3.05, 3.63) is 102 Å². The van der Waals surface area contributed by atoms with E-state index in [-0.39, 0.29) is 11.3 Å². The standard InChI is InChI=1S/C22H16F3NO/c23-22(24,25)21(26-17-11-5-2-6-12-17)15-20(27)19-14-8-7-13-18(19)16-9-3-1-4-10-16/h1-15,26H/b21-15+. The molecule has 3 rings (SSSR count). The van der Waals surface area contributed by atoms with E-state index >= 15 is 0 Å². The van der Waals surface area contributed by atoms with Gasteiger partial charge in [-0.2, -0.15) is 13.2 Å². The highest BCUT2D eigenvalue weighted by atomic mass is 19.4. The van der Waals surface area contributed by atoms with Crippen LogP contribution in [0.15, 0.2) is 96.7 Å². The minimum absolute atomic E-state index is 0.209. The second-order valence-corrected chi connectivity index (χ2v) is 5.82. The lowest BCUT2D eigenvalue weighted by atomic mass is 9.96. The number of allylic oxidation sites excluding steroid dienone is 2. The summed E-state index contributed by atoms with van der Waals surface area (Å²) in [7, 11) is 0. The van der Waals surface area contributed by atoms with E-state index in [1.165, 1.54) is 18.2 Å². The van der Waals surface area contributed by atoms with Crippen molar-refractivity contribution in [2.24, 2.45) is 0 Å². The van der Waals surface area contributed by atoms with Crippen molar-refractivity contribution < 1.29 is 18.0 Å². The Morgan fingerprint density at radius 2 is 1.33 bits per heavy atom. The summed E-state index contributed by atoms with van der Waals surface area (Å²) in [5, 5.41) is 2.29. The first-order chi connectivity index (χ1) is 12.9. The van der Waals surface area contributed by atoms with E-state index in [1.807, 2.05) is 30.3 Å². The van der Waals surface area contributed by atoms with Gasteiger partial charge in [0.2, 0.25) is 0 Å². The quantitative estimate of drug-likeness (QED) is 0.436. The van der Waals surface area contributed by atoms with Crippen molar-refractivity contribution in [3.8, 4) is 11.1 Å². The molecule has 0 aliphatic rings. The van der Waals surface area contributed by atoms with Crippen molar-refractivity contribution in [2.45, 2.75) is 6.18 Å². The predicted octanol–water partition coefficient (Wildman–Crippen LogP) is 6.09. The molecule has 3 aromatic rings. The highest BCUT2D eigenvalue weighted by Gasteiger charge is 2.35. The van der Waals surface area contributed by atoms with Crippen LogP contribution in [0.25, 0.3) is 11.1 Å². The number of nitrogens with one attached hydrogen (secondary N) is 1. The van der Waals surface area contributed by atoms with Crippen LogP contribution in [0.2, 0.25) is 0 Å². The van der Waals surface area contributed by atoms with Crippen LogP contribution < -0.4 is 5.32 Å². The zero-order valence-electron chi connectivity index (χ0n) is 14.2. The van der Waals surface area contributed by atoms with E-state index in [9.17, 15) is 18.0 Å². The van der Waals surface area contributed by atoms with Crippen LogP contribution in [0.3, 0.4) is 0 Å². The first-order valence-electron chi connectivity index (χ1n) is 8.25. The maximum atomic E-state index is 13.4. The molecule has 0 fully saturated rings. The molecule has 0 bridgehead atoms. The van der Waals surface area contributed by atoms with Gasteiger partial charge in [0.1, 0.15) is 5.70 Å². The Morgan fingerprint density at radius 3 is 1.96 bits per heavy atom. The lowest BCUT2D eigenvalue weighted by Gasteiger charge is -2.15. The number of halogens is 3. The van der Waals surface area contributed by atoms with Crippen molar-refractivity contribution in [3.63, 3.8) is 0 Å². The van der Waals surface area contributed by atoms with Gasteiger partial charge < -0.3 is 5.32 Å². The summed E-state index contributed by atoms with van der Waals surface area (Å²) in [6.07, 6.45) is -4.08. The Bertz CT molecular complexity index is 948. The molecule has 0 saturated heterocycles. The van der Waals surface area contributed by atoms with E-state index in [0.29, 0.717) is 11.6 Å². The Kier molecular flexibility index (Phi) is 5.41. The van der Waals surface area contributed by atoms with Gasteiger partial charge in [-0.05, 0) is 23.3 Å². The van der Waals surface area contributed by atoms with Crippen LogP contribution in [0.1, 0.15) is 10.4 Å². The molecule has 0 heterocycles. The number of anilines is 1. The molecule has 0 radical (unpaired) electrons. The minimum atomic E-state index is -4.69. The van der Waals surface area contributed by atoms with E-state index in [4.69, 9.17) is 0 Å². The van der Waals surface area contributed by atoms with Crippen LogP contribution in [0, 0.1) is 0 Å². The Morgan fingerprint density at radius 1 is 0.778 bits per heavy atom. The van der Waals surface area contributed by atoms with E-state index < -0.39 is 17.7 Å². The van der Waals surface area contributed by atoms with E-state index in [1.54, 1.807) is 36.4 Å². The molecule has 0 aliphatic heterocycles. The van der Waals surface area contributed by atoms with Crippen molar-refractivity contribution in [1.82, 2.24) is 0 Å². The molecular formula is C22H16F3NO. The fraction of sp³-hybridized carbons (Fsp3) is 0.0455. The Labute approximate surface area is 155 Å². The lowest BCUT2D eigenvalue weighted by molar-refractivity contribution is -0.0903. The van der Waals surface area contributed by atoms with Gasteiger partial charge in [0.15, 0.2) is 5.78 Å². The second kappa shape index (κ2) is 7.91. The number of alkyl halides is 3. The molecule has 0 saturated carbocycles. The largest absolute Gasteiger partial charge is 0.431 e. The van der Waals surface area contributed by atoms with Crippen LogP contribution in [0.5, 0.6) is 0 Å². The third-order valence-electron chi connectivity index (χ3n) is 3.91. The highest BCUT2D eigenvalue weighted by molar-refractivity contribution is 6.09. The molecule has 3 aromatic carbocycles. The molecule has 136 valence electrons. The topological polar surface area (TPSA) is 29.1 Å². The highest BCUT2D eigenvalue weighted by Crippen LogP contribution is 2.29. The molecule has 1 N–H and O–H groups in total. The van der Waals surface area contributed by atoms with Gasteiger partial charge in [-0.1, -0.05) is 72.8 Å². The number of benzene rings is 3. The maximum absolute atomic E-state index is 13.4. The van der Waals surface area contributed by atoms with Gasteiger partial charge in [-0.15, -0.1) is 0 Å². The zero-order chi connectivity index (χ0) is 19.3. The number of ketones is 1. The molecule has 0 unspecified atom stereocenters. The monoisotopic (exact) mass is 367 g/mol. The van der Waals surface area contributed by atoms with Crippen LogP contribution in [0.4, 0.5) is 18.9 Å². The Balaban J connectivity index is 1.99. The first-order valence-corrected chi connectivity index (χ1v) is 8.25. The molecule has 2 nitrogen and oxygen atoms in total. The van der Waals surface area contributed by atoms with Crippen molar-refractivity contribution in [1.29, 1.82) is 0 Å². The molecule has 0 atom stereocenters. The fourth-order valence-electron chi connectivity index (χ4n) is 2.64. The van der Waals surface area contributed by atoms with Crippen molar-refractivity contribution in [2.75, 3.05) is 5.32 Å². The average molecular weight is 367 g/mol. The molecule has 0 aromatic heterocycles. The van der Waals surface area contributed by atoms with Crippen molar-refractivity contribution >= 4 is 11.5 Å². The molecular weight excluding hydrogens is 351 g/mol. The third-order valence-corrected chi connectivity index (χ3v) is 3.91. The summed E-state index contributed by atoms with van der Waals surface area (Å²) < 4.78 is 40.3.